The molecule has 3 unspecified atom stereocenters. The van der Waals surface area contributed by atoms with E-state index in [-0.39, 0.29) is 11.8 Å². The number of furan rings is 1. The lowest BCUT2D eigenvalue weighted by Crippen LogP contribution is -2.42. The minimum Gasteiger partial charge on any atom is -0.455 e. The molecule has 3 atom stereocenters. The first-order valence-electron chi connectivity index (χ1n) is 17.7. The van der Waals surface area contributed by atoms with Gasteiger partial charge in [-0.15, -0.1) is 0 Å². The van der Waals surface area contributed by atoms with Crippen LogP contribution in [-0.2, 0) is 0 Å². The molecule has 0 fully saturated rings. The van der Waals surface area contributed by atoms with E-state index in [1.807, 2.05) is 0 Å². The van der Waals surface area contributed by atoms with Gasteiger partial charge in [-0.3, -0.25) is 0 Å². The van der Waals surface area contributed by atoms with Gasteiger partial charge in [0.1, 0.15) is 11.2 Å². The molecule has 1 aromatic heterocycles. The summed E-state index contributed by atoms with van der Waals surface area (Å²) < 4.78 is 6.87. The van der Waals surface area contributed by atoms with Crippen LogP contribution in [-0.4, -0.2) is 0 Å². The number of benzene rings is 5. The summed E-state index contributed by atoms with van der Waals surface area (Å²) >= 11 is 0. The summed E-state index contributed by atoms with van der Waals surface area (Å²) in [7, 11) is 0. The van der Waals surface area contributed by atoms with Gasteiger partial charge in [0.15, 0.2) is 0 Å². The molecule has 0 radical (unpaired) electrons. The molecule has 0 spiro atoms. The quantitative estimate of drug-likeness (QED) is 0.190. The summed E-state index contributed by atoms with van der Waals surface area (Å²) in [4.78, 5) is 0. The van der Waals surface area contributed by atoms with E-state index in [0.29, 0.717) is 5.92 Å². The van der Waals surface area contributed by atoms with E-state index >= 15 is 0 Å². The standard InChI is InChI=1S/C48H36O/c1-2-14-32(15-3-1)36-25-12-28-43-44-29-13-26-37(48(44)49-47(36)43)33-18-10-19-34(30-33)45-39-21-6-8-23-41(39)46(42-24-9-7-22-40(42)45)38-27-11-17-31-16-4-5-20-35(31)38/h1-10,12-26,28-29,33,39,41H,11,27,30H2. The zero-order valence-corrected chi connectivity index (χ0v) is 27.4. The van der Waals surface area contributed by atoms with Crippen molar-refractivity contribution in [2.24, 2.45) is 11.8 Å². The number of rotatable bonds is 4. The minimum absolute atomic E-state index is 0.214. The molecule has 49 heavy (non-hydrogen) atoms. The van der Waals surface area contributed by atoms with Crippen LogP contribution in [0, 0.1) is 11.8 Å². The average molecular weight is 629 g/mol. The molecular weight excluding hydrogens is 593 g/mol. The topological polar surface area (TPSA) is 13.1 Å². The van der Waals surface area contributed by atoms with Gasteiger partial charge in [0.05, 0.1) is 0 Å². The predicted molar refractivity (Wildman–Crippen MR) is 204 cm³/mol. The maximum absolute atomic E-state index is 6.87. The lowest BCUT2D eigenvalue weighted by atomic mass is 9.67. The van der Waals surface area contributed by atoms with Crippen LogP contribution in [0.15, 0.2) is 168 Å². The summed E-state index contributed by atoms with van der Waals surface area (Å²) in [6, 6.07) is 42.0. The highest BCUT2D eigenvalue weighted by Crippen LogP contribution is 2.46. The summed E-state index contributed by atoms with van der Waals surface area (Å²) in [6.45, 7) is 0. The van der Waals surface area contributed by atoms with Crippen LogP contribution in [0.4, 0.5) is 0 Å². The van der Waals surface area contributed by atoms with Crippen LogP contribution in [0.5, 0.6) is 0 Å². The van der Waals surface area contributed by atoms with Crippen molar-refractivity contribution in [1.82, 2.24) is 0 Å². The van der Waals surface area contributed by atoms with E-state index in [9.17, 15) is 0 Å². The second-order valence-electron chi connectivity index (χ2n) is 13.8. The Morgan fingerprint density at radius 3 is 2.08 bits per heavy atom. The van der Waals surface area contributed by atoms with Gasteiger partial charge in [0.2, 0.25) is 0 Å². The summed E-state index contributed by atoms with van der Waals surface area (Å²) in [5.74, 6) is 0.803. The Morgan fingerprint density at radius 2 is 1.24 bits per heavy atom. The fraction of sp³-hybridized carbons (Fsp3) is 0.125. The third-order valence-corrected chi connectivity index (χ3v) is 11.1. The van der Waals surface area contributed by atoms with Crippen molar-refractivity contribution in [3.63, 3.8) is 0 Å². The number of hydrogen-bond donors (Lipinski definition) is 0. The first-order valence-corrected chi connectivity index (χ1v) is 17.7. The molecule has 4 aliphatic rings. The zero-order chi connectivity index (χ0) is 32.3. The molecule has 0 aliphatic heterocycles. The van der Waals surface area contributed by atoms with E-state index < -0.39 is 0 Å². The molecule has 4 aliphatic carbocycles. The van der Waals surface area contributed by atoms with E-state index in [2.05, 4.69) is 164 Å². The van der Waals surface area contributed by atoms with Crippen LogP contribution in [0.25, 0.3) is 55.9 Å². The van der Waals surface area contributed by atoms with Crippen molar-refractivity contribution in [2.45, 2.75) is 25.2 Å². The third-order valence-electron chi connectivity index (χ3n) is 11.1. The highest BCUT2D eigenvalue weighted by molar-refractivity contribution is 6.10. The molecule has 234 valence electrons. The lowest BCUT2D eigenvalue weighted by molar-refractivity contribution is 0.653. The fourth-order valence-corrected chi connectivity index (χ4v) is 9.03. The monoisotopic (exact) mass is 628 g/mol. The normalized spacial score (nSPS) is 20.9. The van der Waals surface area contributed by atoms with Gasteiger partial charge >= 0.3 is 0 Å². The highest BCUT2D eigenvalue weighted by Gasteiger charge is 2.34. The Balaban J connectivity index is 1.14. The van der Waals surface area contributed by atoms with Gasteiger partial charge in [-0.1, -0.05) is 164 Å². The number of para-hydroxylation sites is 2. The number of hydrogen-bond acceptors (Lipinski definition) is 1. The second-order valence-corrected chi connectivity index (χ2v) is 13.8. The van der Waals surface area contributed by atoms with Gasteiger partial charge < -0.3 is 4.42 Å². The largest absolute Gasteiger partial charge is 0.455 e. The SMILES string of the molecule is C1=CC(c2cccc3c2oc2c(-c4ccccc4)cccc23)CC(C2=c3ccccc3=C(C3=c4ccccc4=CCC3)C3C=CC=CC23)=C1. The van der Waals surface area contributed by atoms with Gasteiger partial charge in [-0.25, -0.2) is 0 Å². The van der Waals surface area contributed by atoms with Crippen molar-refractivity contribution in [3.05, 3.63) is 190 Å². The average Bonchev–Trinajstić information content (AvgIpc) is 3.56. The fourth-order valence-electron chi connectivity index (χ4n) is 9.03. The van der Waals surface area contributed by atoms with Gasteiger partial charge in [0, 0.05) is 39.7 Å². The zero-order valence-electron chi connectivity index (χ0n) is 27.4. The molecule has 1 heteroatoms. The number of fused-ring (bicyclic) bond motifs is 6. The molecule has 0 saturated carbocycles. The lowest BCUT2D eigenvalue weighted by Gasteiger charge is -2.36. The molecule has 5 aromatic carbocycles. The first kappa shape index (κ1) is 28.4. The Morgan fingerprint density at radius 1 is 0.551 bits per heavy atom. The van der Waals surface area contributed by atoms with Crippen LogP contribution in [0.2, 0.25) is 0 Å². The second kappa shape index (κ2) is 11.5. The third kappa shape index (κ3) is 4.53. The van der Waals surface area contributed by atoms with E-state index in [1.165, 1.54) is 65.1 Å². The number of allylic oxidation sites excluding steroid dienone is 8. The minimum atomic E-state index is 0.214. The molecule has 0 saturated heterocycles. The van der Waals surface area contributed by atoms with Crippen molar-refractivity contribution in [2.75, 3.05) is 0 Å². The molecule has 6 aromatic rings. The predicted octanol–water partition coefficient (Wildman–Crippen LogP) is 9.02. The molecular formula is C48H36O. The van der Waals surface area contributed by atoms with Crippen molar-refractivity contribution in [3.8, 4) is 11.1 Å². The maximum Gasteiger partial charge on any atom is 0.143 e. The maximum atomic E-state index is 6.87. The highest BCUT2D eigenvalue weighted by atomic mass is 16.3. The smallest absolute Gasteiger partial charge is 0.143 e. The summed E-state index contributed by atoms with van der Waals surface area (Å²) in [6.07, 6.45) is 22.0. The molecule has 10 rings (SSSR count). The van der Waals surface area contributed by atoms with Crippen LogP contribution < -0.4 is 20.9 Å². The first-order chi connectivity index (χ1) is 24.3. The van der Waals surface area contributed by atoms with Gasteiger partial charge in [-0.2, -0.15) is 0 Å². The Labute approximate surface area is 286 Å². The van der Waals surface area contributed by atoms with Crippen molar-refractivity contribution < 1.29 is 4.42 Å². The van der Waals surface area contributed by atoms with Crippen LogP contribution in [0.1, 0.15) is 30.7 Å². The Hall–Kier alpha value is -5.66. The van der Waals surface area contributed by atoms with Gasteiger partial charge in [0.25, 0.3) is 0 Å². The van der Waals surface area contributed by atoms with E-state index in [1.54, 1.807) is 0 Å². The Kier molecular flexibility index (Phi) is 6.65. The van der Waals surface area contributed by atoms with Crippen molar-refractivity contribution >= 4 is 44.7 Å². The molecule has 1 nitrogen and oxygen atoms in total. The van der Waals surface area contributed by atoms with Crippen LogP contribution >= 0.6 is 0 Å². The van der Waals surface area contributed by atoms with Crippen molar-refractivity contribution in [1.29, 1.82) is 0 Å². The molecule has 1 heterocycles. The summed E-state index contributed by atoms with van der Waals surface area (Å²) in [5.41, 5.74) is 11.5. The molecule has 0 amide bonds. The van der Waals surface area contributed by atoms with Gasteiger partial charge in [-0.05, 0) is 68.0 Å². The molecule has 0 N–H and O–H groups in total. The molecule has 0 bridgehead atoms. The van der Waals surface area contributed by atoms with Crippen LogP contribution in [0.3, 0.4) is 0 Å². The summed E-state index contributed by atoms with van der Waals surface area (Å²) in [5, 5.41) is 7.91. The Bertz CT molecular complexity index is 2690. The van der Waals surface area contributed by atoms with E-state index in [0.717, 1.165) is 36.0 Å². The van der Waals surface area contributed by atoms with E-state index in [4.69, 9.17) is 4.42 Å².